The number of aliphatic carboxylic acids is 1. The van der Waals surface area contributed by atoms with Crippen molar-refractivity contribution in [1.29, 1.82) is 0 Å². The van der Waals surface area contributed by atoms with Crippen molar-refractivity contribution >= 4 is 23.7 Å². The lowest BCUT2D eigenvalue weighted by Gasteiger charge is -2.12. The van der Waals surface area contributed by atoms with Crippen LogP contribution in [0.5, 0.6) is 0 Å². The molecule has 0 saturated carbocycles. The van der Waals surface area contributed by atoms with E-state index in [1.807, 2.05) is 25.9 Å². The maximum absolute atomic E-state index is 10.5. The van der Waals surface area contributed by atoms with E-state index in [-0.39, 0.29) is 11.7 Å². The van der Waals surface area contributed by atoms with Gasteiger partial charge in [-0.3, -0.25) is 4.79 Å². The van der Waals surface area contributed by atoms with Crippen LogP contribution in [0.2, 0.25) is 0 Å². The summed E-state index contributed by atoms with van der Waals surface area (Å²) in [5.74, 6) is -0.158. The molecule has 0 saturated heterocycles. The SMILES string of the molecule is CC(CC(=O)O)Sc1ccnc(N(C)C)n1. The largest absolute Gasteiger partial charge is 0.481 e. The van der Waals surface area contributed by atoms with Crippen molar-refractivity contribution in [1.82, 2.24) is 9.97 Å². The Morgan fingerprint density at radius 2 is 2.31 bits per heavy atom. The molecule has 16 heavy (non-hydrogen) atoms. The molecule has 6 heteroatoms. The zero-order valence-electron chi connectivity index (χ0n) is 9.54. The molecule has 1 atom stereocenters. The van der Waals surface area contributed by atoms with Gasteiger partial charge in [0.2, 0.25) is 5.95 Å². The van der Waals surface area contributed by atoms with Crippen LogP contribution in [-0.4, -0.2) is 40.4 Å². The molecule has 0 spiro atoms. The van der Waals surface area contributed by atoms with Crippen LogP contribution in [0.4, 0.5) is 5.95 Å². The Morgan fingerprint density at radius 3 is 2.88 bits per heavy atom. The number of hydrogen-bond acceptors (Lipinski definition) is 5. The van der Waals surface area contributed by atoms with Crippen LogP contribution in [-0.2, 0) is 4.79 Å². The number of anilines is 1. The van der Waals surface area contributed by atoms with Crippen molar-refractivity contribution in [2.45, 2.75) is 23.6 Å². The van der Waals surface area contributed by atoms with Crippen LogP contribution in [0.15, 0.2) is 17.3 Å². The lowest BCUT2D eigenvalue weighted by molar-refractivity contribution is -0.136. The van der Waals surface area contributed by atoms with Crippen LogP contribution < -0.4 is 4.90 Å². The third kappa shape index (κ3) is 4.06. The standard InChI is InChI=1S/C10H15N3O2S/c1-7(6-9(14)15)16-8-4-5-11-10(12-8)13(2)3/h4-5,7H,6H2,1-3H3,(H,14,15). The van der Waals surface area contributed by atoms with Crippen molar-refractivity contribution in [3.8, 4) is 0 Å². The van der Waals surface area contributed by atoms with Gasteiger partial charge in [-0.2, -0.15) is 0 Å². The Morgan fingerprint density at radius 1 is 1.62 bits per heavy atom. The van der Waals surface area contributed by atoms with Crippen molar-refractivity contribution < 1.29 is 9.90 Å². The minimum atomic E-state index is -0.790. The van der Waals surface area contributed by atoms with Gasteiger partial charge in [-0.05, 0) is 6.07 Å². The number of thioether (sulfide) groups is 1. The lowest BCUT2D eigenvalue weighted by Crippen LogP contribution is -2.13. The number of hydrogen-bond donors (Lipinski definition) is 1. The first-order valence-electron chi connectivity index (χ1n) is 4.88. The van der Waals surface area contributed by atoms with Crippen LogP contribution in [0.25, 0.3) is 0 Å². The normalized spacial score (nSPS) is 12.2. The van der Waals surface area contributed by atoms with Crippen molar-refractivity contribution in [2.24, 2.45) is 0 Å². The summed E-state index contributed by atoms with van der Waals surface area (Å²) >= 11 is 1.44. The van der Waals surface area contributed by atoms with Gasteiger partial charge in [-0.1, -0.05) is 6.92 Å². The third-order valence-electron chi connectivity index (χ3n) is 1.80. The van der Waals surface area contributed by atoms with Gasteiger partial charge in [-0.15, -0.1) is 11.8 Å². The zero-order chi connectivity index (χ0) is 12.1. The van der Waals surface area contributed by atoms with E-state index in [9.17, 15) is 4.79 Å². The second kappa shape index (κ2) is 5.69. The molecule has 0 radical (unpaired) electrons. The Hall–Kier alpha value is -1.30. The highest BCUT2D eigenvalue weighted by molar-refractivity contribution is 7.99. The van der Waals surface area contributed by atoms with Gasteiger partial charge in [0.05, 0.1) is 6.42 Å². The van der Waals surface area contributed by atoms with E-state index in [0.29, 0.717) is 5.95 Å². The highest BCUT2D eigenvalue weighted by atomic mass is 32.2. The summed E-state index contributed by atoms with van der Waals surface area (Å²) in [7, 11) is 3.73. The van der Waals surface area contributed by atoms with Gasteiger partial charge in [0.25, 0.3) is 0 Å². The summed E-state index contributed by atoms with van der Waals surface area (Å²) in [6.45, 7) is 1.87. The Balaban J connectivity index is 2.66. The topological polar surface area (TPSA) is 66.3 Å². The highest BCUT2D eigenvalue weighted by Crippen LogP contribution is 2.23. The van der Waals surface area contributed by atoms with Crippen LogP contribution in [0, 0.1) is 0 Å². The second-order valence-electron chi connectivity index (χ2n) is 3.62. The van der Waals surface area contributed by atoms with Gasteiger partial charge in [0, 0.05) is 25.5 Å². The Kier molecular flexibility index (Phi) is 4.54. The number of carboxylic acids is 1. The van der Waals surface area contributed by atoms with Crippen LogP contribution in [0.3, 0.4) is 0 Å². The van der Waals surface area contributed by atoms with Crippen LogP contribution in [0.1, 0.15) is 13.3 Å². The van der Waals surface area contributed by atoms with E-state index in [1.54, 1.807) is 12.3 Å². The van der Waals surface area contributed by atoms with Crippen molar-refractivity contribution in [3.63, 3.8) is 0 Å². The average molecular weight is 241 g/mol. The molecule has 1 N–H and O–H groups in total. The minimum Gasteiger partial charge on any atom is -0.481 e. The van der Waals surface area contributed by atoms with Gasteiger partial charge in [0.1, 0.15) is 5.03 Å². The number of rotatable bonds is 5. The molecule has 0 aliphatic heterocycles. The molecule has 1 heterocycles. The first-order valence-corrected chi connectivity index (χ1v) is 5.76. The van der Waals surface area contributed by atoms with E-state index in [0.717, 1.165) is 5.03 Å². The molecular formula is C10H15N3O2S. The number of aromatic nitrogens is 2. The third-order valence-corrected chi connectivity index (χ3v) is 2.84. The molecule has 88 valence electrons. The average Bonchev–Trinajstić information content (AvgIpc) is 2.16. The summed E-state index contributed by atoms with van der Waals surface area (Å²) in [4.78, 5) is 20.7. The van der Waals surface area contributed by atoms with E-state index < -0.39 is 5.97 Å². The first-order chi connectivity index (χ1) is 7.49. The zero-order valence-corrected chi connectivity index (χ0v) is 10.4. The maximum Gasteiger partial charge on any atom is 0.304 e. The first kappa shape index (κ1) is 12.8. The molecule has 0 aliphatic carbocycles. The van der Waals surface area contributed by atoms with Gasteiger partial charge < -0.3 is 10.0 Å². The van der Waals surface area contributed by atoms with E-state index in [4.69, 9.17) is 5.11 Å². The molecule has 0 fully saturated rings. The maximum atomic E-state index is 10.5. The lowest BCUT2D eigenvalue weighted by atomic mass is 10.3. The summed E-state index contributed by atoms with van der Waals surface area (Å²) in [5.41, 5.74) is 0. The second-order valence-corrected chi connectivity index (χ2v) is 5.07. The molecule has 5 nitrogen and oxygen atoms in total. The van der Waals surface area contributed by atoms with Gasteiger partial charge >= 0.3 is 5.97 Å². The van der Waals surface area contributed by atoms with E-state index in [1.165, 1.54) is 11.8 Å². The van der Waals surface area contributed by atoms with Crippen LogP contribution >= 0.6 is 11.8 Å². The Bertz CT molecular complexity index is 371. The molecule has 0 bridgehead atoms. The summed E-state index contributed by atoms with van der Waals surface area (Å²) in [6, 6.07) is 1.79. The fourth-order valence-corrected chi connectivity index (χ4v) is 2.02. The minimum absolute atomic E-state index is 0.00223. The monoisotopic (exact) mass is 241 g/mol. The molecule has 0 aliphatic rings. The number of carbonyl (C=O) groups is 1. The van der Waals surface area contributed by atoms with Crippen molar-refractivity contribution in [2.75, 3.05) is 19.0 Å². The fraction of sp³-hybridized carbons (Fsp3) is 0.500. The van der Waals surface area contributed by atoms with Gasteiger partial charge in [0.15, 0.2) is 0 Å². The van der Waals surface area contributed by atoms with E-state index >= 15 is 0 Å². The van der Waals surface area contributed by atoms with Crippen molar-refractivity contribution in [3.05, 3.63) is 12.3 Å². The molecule has 0 amide bonds. The molecule has 0 aromatic carbocycles. The predicted octanol–water partition coefficient (Wildman–Crippen LogP) is 1.50. The molecule has 1 unspecified atom stereocenters. The quantitative estimate of drug-likeness (QED) is 0.622. The molecule has 1 rings (SSSR count). The van der Waals surface area contributed by atoms with E-state index in [2.05, 4.69) is 9.97 Å². The molecule has 1 aromatic heterocycles. The number of carboxylic acid groups (broad SMARTS) is 1. The highest BCUT2D eigenvalue weighted by Gasteiger charge is 2.10. The van der Waals surface area contributed by atoms with Gasteiger partial charge in [-0.25, -0.2) is 9.97 Å². The fourth-order valence-electron chi connectivity index (χ4n) is 1.11. The molecule has 1 aromatic rings. The number of nitrogens with zero attached hydrogens (tertiary/aromatic N) is 3. The predicted molar refractivity (Wildman–Crippen MR) is 63.9 cm³/mol. The smallest absolute Gasteiger partial charge is 0.304 e. The summed E-state index contributed by atoms with van der Waals surface area (Å²) in [6.07, 6.45) is 1.81. The molecular weight excluding hydrogens is 226 g/mol. The summed E-state index contributed by atoms with van der Waals surface area (Å²) < 4.78 is 0. The Labute approximate surface area is 98.9 Å². The summed E-state index contributed by atoms with van der Waals surface area (Å²) in [5, 5.41) is 9.45.